The van der Waals surface area contributed by atoms with Gasteiger partial charge in [-0.15, -0.1) is 21.5 Å². The molecule has 1 N–H and O–H groups in total. The summed E-state index contributed by atoms with van der Waals surface area (Å²) in [5, 5.41) is 14.5. The molecular weight excluding hydrogens is 560 g/mol. The standard InChI is InChI=1S/C33H34N6O3S/c1-3-5-6-10-17-28-29(32(41)42-4-2)39(33(43-28)34-31(40)25-13-8-7-9-14-25)22-23-18-20-24(21-19-23)26-15-11-12-16-27(26)30-35-37-38-36-30/h7-9,11-16,18-21H,3-6,10,17,22H2,1-2H3,(H,35,36,37,38). The van der Waals surface area contributed by atoms with E-state index in [2.05, 4.69) is 32.5 Å². The molecule has 5 aromatic rings. The molecule has 0 aliphatic rings. The molecule has 2 aromatic heterocycles. The molecule has 5 rings (SSSR count). The molecule has 0 spiro atoms. The number of thiazole rings is 1. The van der Waals surface area contributed by atoms with E-state index in [9.17, 15) is 9.59 Å². The molecule has 220 valence electrons. The Morgan fingerprint density at radius 2 is 1.65 bits per heavy atom. The van der Waals surface area contributed by atoms with Crippen molar-refractivity contribution in [1.29, 1.82) is 0 Å². The molecule has 0 atom stereocenters. The maximum Gasteiger partial charge on any atom is 0.356 e. The van der Waals surface area contributed by atoms with Crippen LogP contribution in [-0.2, 0) is 17.7 Å². The lowest BCUT2D eigenvalue weighted by Gasteiger charge is -2.12. The Labute approximate surface area is 254 Å². The molecule has 3 aromatic carbocycles. The van der Waals surface area contributed by atoms with Crippen LogP contribution in [0.25, 0.3) is 22.5 Å². The van der Waals surface area contributed by atoms with Crippen LogP contribution in [0.2, 0.25) is 0 Å². The minimum atomic E-state index is -0.400. The maximum absolute atomic E-state index is 13.3. The molecule has 10 heteroatoms. The number of esters is 1. The van der Waals surface area contributed by atoms with Gasteiger partial charge >= 0.3 is 5.97 Å². The summed E-state index contributed by atoms with van der Waals surface area (Å²) in [6.07, 6.45) is 4.99. The number of tetrazole rings is 1. The van der Waals surface area contributed by atoms with Gasteiger partial charge in [-0.1, -0.05) is 92.9 Å². The zero-order valence-corrected chi connectivity index (χ0v) is 25.1. The number of carbonyl (C=O) groups is 2. The number of hydrogen-bond acceptors (Lipinski definition) is 7. The number of nitrogens with one attached hydrogen (secondary N) is 1. The Kier molecular flexibility index (Phi) is 10.0. The zero-order chi connectivity index (χ0) is 30.0. The number of ether oxygens (including phenoxy) is 1. The van der Waals surface area contributed by atoms with Gasteiger partial charge in [-0.05, 0) is 53.8 Å². The van der Waals surface area contributed by atoms with E-state index >= 15 is 0 Å². The Morgan fingerprint density at radius 3 is 2.35 bits per heavy atom. The van der Waals surface area contributed by atoms with Crippen LogP contribution < -0.4 is 4.80 Å². The van der Waals surface area contributed by atoms with Gasteiger partial charge in [-0.2, -0.15) is 10.2 Å². The van der Waals surface area contributed by atoms with Gasteiger partial charge in [0.05, 0.1) is 13.2 Å². The Bertz CT molecular complexity index is 1720. The first-order valence-electron chi connectivity index (χ1n) is 14.5. The molecule has 0 radical (unpaired) electrons. The molecule has 9 nitrogen and oxygen atoms in total. The van der Waals surface area contributed by atoms with E-state index < -0.39 is 5.97 Å². The number of unbranched alkanes of at least 4 members (excludes halogenated alkanes) is 3. The van der Waals surface area contributed by atoms with Gasteiger partial charge in [0.2, 0.25) is 5.82 Å². The second-order valence-corrected chi connectivity index (χ2v) is 11.1. The Balaban J connectivity index is 1.53. The molecule has 0 bridgehead atoms. The topological polar surface area (TPSA) is 115 Å². The van der Waals surface area contributed by atoms with Crippen molar-refractivity contribution in [3.8, 4) is 22.5 Å². The van der Waals surface area contributed by atoms with Gasteiger partial charge < -0.3 is 9.30 Å². The summed E-state index contributed by atoms with van der Waals surface area (Å²) < 4.78 is 7.34. The van der Waals surface area contributed by atoms with E-state index in [1.165, 1.54) is 11.3 Å². The van der Waals surface area contributed by atoms with Crippen molar-refractivity contribution >= 4 is 23.2 Å². The third kappa shape index (κ3) is 7.21. The lowest BCUT2D eigenvalue weighted by atomic mass is 9.98. The first-order chi connectivity index (χ1) is 21.1. The fourth-order valence-electron chi connectivity index (χ4n) is 4.91. The quantitative estimate of drug-likeness (QED) is 0.131. The SMILES string of the molecule is CCCCCCc1sc(=NC(=O)c2ccccc2)n(Cc2ccc(-c3ccccc3-c3nn[nH]n3)cc2)c1C(=O)OCC. The summed E-state index contributed by atoms with van der Waals surface area (Å²) >= 11 is 1.39. The summed E-state index contributed by atoms with van der Waals surface area (Å²) in [4.78, 5) is 32.4. The van der Waals surface area contributed by atoms with Crippen LogP contribution in [0, 0.1) is 0 Å². The maximum atomic E-state index is 13.3. The average molecular weight is 595 g/mol. The van der Waals surface area contributed by atoms with Gasteiger partial charge in [-0.25, -0.2) is 4.79 Å². The summed E-state index contributed by atoms with van der Waals surface area (Å²) in [6.45, 7) is 4.58. The predicted molar refractivity (Wildman–Crippen MR) is 167 cm³/mol. The van der Waals surface area contributed by atoms with Gasteiger partial charge in [0, 0.05) is 16.0 Å². The molecule has 2 heterocycles. The third-order valence-corrected chi connectivity index (χ3v) is 8.18. The largest absolute Gasteiger partial charge is 0.461 e. The molecule has 43 heavy (non-hydrogen) atoms. The first kappa shape index (κ1) is 29.8. The zero-order valence-electron chi connectivity index (χ0n) is 24.3. The number of aryl methyl sites for hydroxylation is 1. The van der Waals surface area contributed by atoms with Crippen molar-refractivity contribution in [1.82, 2.24) is 25.2 Å². The average Bonchev–Trinajstić information content (AvgIpc) is 3.69. The highest BCUT2D eigenvalue weighted by molar-refractivity contribution is 7.09. The summed E-state index contributed by atoms with van der Waals surface area (Å²) in [7, 11) is 0. The number of hydrogen-bond donors (Lipinski definition) is 1. The monoisotopic (exact) mass is 594 g/mol. The van der Waals surface area contributed by atoms with Crippen LogP contribution >= 0.6 is 11.3 Å². The fraction of sp³-hybridized carbons (Fsp3) is 0.273. The highest BCUT2D eigenvalue weighted by Gasteiger charge is 2.23. The predicted octanol–water partition coefficient (Wildman–Crippen LogP) is 6.49. The molecule has 0 aliphatic carbocycles. The van der Waals surface area contributed by atoms with Crippen molar-refractivity contribution in [2.45, 2.75) is 52.5 Å². The van der Waals surface area contributed by atoms with Crippen molar-refractivity contribution < 1.29 is 14.3 Å². The number of nitrogens with zero attached hydrogens (tertiary/aromatic N) is 5. The number of amides is 1. The van der Waals surface area contributed by atoms with Crippen LogP contribution in [0.4, 0.5) is 0 Å². The number of aromatic nitrogens is 5. The lowest BCUT2D eigenvalue weighted by Crippen LogP contribution is -2.23. The summed E-state index contributed by atoms with van der Waals surface area (Å²) in [5.41, 5.74) is 4.75. The van der Waals surface area contributed by atoms with E-state index in [4.69, 9.17) is 4.74 Å². The van der Waals surface area contributed by atoms with E-state index in [-0.39, 0.29) is 12.5 Å². The van der Waals surface area contributed by atoms with Crippen molar-refractivity contribution in [3.05, 3.63) is 105 Å². The first-order valence-corrected chi connectivity index (χ1v) is 15.4. The van der Waals surface area contributed by atoms with Crippen LogP contribution in [0.1, 0.15) is 70.8 Å². The minimum Gasteiger partial charge on any atom is -0.461 e. The van der Waals surface area contributed by atoms with E-state index in [1.54, 1.807) is 19.1 Å². The van der Waals surface area contributed by atoms with E-state index in [0.29, 0.717) is 28.4 Å². The fourth-order valence-corrected chi connectivity index (χ4v) is 6.06. The summed E-state index contributed by atoms with van der Waals surface area (Å²) in [6, 6.07) is 25.0. The third-order valence-electron chi connectivity index (χ3n) is 7.04. The second kappa shape index (κ2) is 14.5. The van der Waals surface area contributed by atoms with Gasteiger partial charge in [-0.3, -0.25) is 4.79 Å². The Morgan fingerprint density at radius 1 is 0.907 bits per heavy atom. The van der Waals surface area contributed by atoms with Crippen molar-refractivity contribution in [2.75, 3.05) is 6.61 Å². The summed E-state index contributed by atoms with van der Waals surface area (Å²) in [5.74, 6) is -0.228. The van der Waals surface area contributed by atoms with Gasteiger partial charge in [0.15, 0.2) is 4.80 Å². The smallest absolute Gasteiger partial charge is 0.356 e. The molecule has 0 aliphatic heterocycles. The number of aromatic amines is 1. The van der Waals surface area contributed by atoms with Crippen molar-refractivity contribution in [2.24, 2.45) is 4.99 Å². The van der Waals surface area contributed by atoms with E-state index in [0.717, 1.165) is 59.2 Å². The highest BCUT2D eigenvalue weighted by atomic mass is 32.1. The van der Waals surface area contributed by atoms with Crippen LogP contribution in [0.15, 0.2) is 83.9 Å². The van der Waals surface area contributed by atoms with Crippen LogP contribution in [-0.4, -0.2) is 43.7 Å². The van der Waals surface area contributed by atoms with Crippen LogP contribution in [0.5, 0.6) is 0 Å². The van der Waals surface area contributed by atoms with E-state index in [1.807, 2.05) is 71.3 Å². The normalized spacial score (nSPS) is 11.5. The molecule has 0 saturated heterocycles. The minimum absolute atomic E-state index is 0.258. The Hall–Kier alpha value is -4.70. The number of benzene rings is 3. The van der Waals surface area contributed by atoms with Crippen LogP contribution in [0.3, 0.4) is 0 Å². The number of rotatable bonds is 12. The van der Waals surface area contributed by atoms with Gasteiger partial charge in [0.1, 0.15) is 5.69 Å². The lowest BCUT2D eigenvalue weighted by molar-refractivity contribution is 0.0512. The molecule has 0 unspecified atom stereocenters. The van der Waals surface area contributed by atoms with Gasteiger partial charge in [0.25, 0.3) is 5.91 Å². The van der Waals surface area contributed by atoms with Crippen molar-refractivity contribution in [3.63, 3.8) is 0 Å². The highest BCUT2D eigenvalue weighted by Crippen LogP contribution is 2.30. The second-order valence-electron chi connectivity index (χ2n) is 10.0. The molecule has 0 fully saturated rings. The molecule has 0 saturated carbocycles. The molecular formula is C33H34N6O3S. The number of carbonyl (C=O) groups excluding carboxylic acids is 2. The number of H-pyrrole nitrogens is 1. The molecule has 1 amide bonds.